The van der Waals surface area contributed by atoms with Crippen molar-refractivity contribution in [3.05, 3.63) is 27.8 Å². The van der Waals surface area contributed by atoms with E-state index >= 15 is 0 Å². The van der Waals surface area contributed by atoms with E-state index in [-0.39, 0.29) is 6.03 Å². The van der Waals surface area contributed by atoms with E-state index < -0.39 is 0 Å². The number of thiazole rings is 1. The van der Waals surface area contributed by atoms with Gasteiger partial charge in [0.25, 0.3) is 0 Å². The van der Waals surface area contributed by atoms with Crippen LogP contribution in [0.2, 0.25) is 0 Å². The van der Waals surface area contributed by atoms with Gasteiger partial charge in [0.2, 0.25) is 0 Å². The fraction of sp³-hybridized carbons (Fsp3) is 0.462. The summed E-state index contributed by atoms with van der Waals surface area (Å²) in [6.07, 6.45) is 0.847. The van der Waals surface area contributed by atoms with Crippen LogP contribution in [0.25, 0.3) is 0 Å². The first kappa shape index (κ1) is 14.5. The molecule has 0 fully saturated rings. The molecule has 0 saturated heterocycles. The predicted octanol–water partition coefficient (Wildman–Crippen LogP) is 2.41. The number of carbonyl (C=O) groups is 1. The summed E-state index contributed by atoms with van der Waals surface area (Å²) in [5.41, 5.74) is 3.73. The molecular formula is C13H19N5OS. The van der Waals surface area contributed by atoms with Crippen molar-refractivity contribution in [2.45, 2.75) is 26.8 Å². The topological polar surface area (TPSA) is 63.1 Å². The molecule has 0 spiro atoms. The van der Waals surface area contributed by atoms with Gasteiger partial charge in [-0.05, 0) is 13.3 Å². The normalized spacial score (nSPS) is 10.6. The minimum Gasteiger partial charge on any atom is -0.322 e. The van der Waals surface area contributed by atoms with Crippen LogP contribution in [0, 0.1) is 6.92 Å². The van der Waals surface area contributed by atoms with E-state index in [9.17, 15) is 4.79 Å². The van der Waals surface area contributed by atoms with Crippen molar-refractivity contribution in [2.24, 2.45) is 7.05 Å². The first-order valence-electron chi connectivity index (χ1n) is 6.45. The Morgan fingerprint density at radius 1 is 1.55 bits per heavy atom. The molecule has 6 nitrogen and oxygen atoms in total. The molecule has 2 heterocycles. The van der Waals surface area contributed by atoms with Crippen LogP contribution in [0.15, 0.2) is 11.6 Å². The number of anilines is 1. The third-order valence-electron chi connectivity index (χ3n) is 3.10. The van der Waals surface area contributed by atoms with Gasteiger partial charge in [-0.2, -0.15) is 5.10 Å². The van der Waals surface area contributed by atoms with Crippen molar-refractivity contribution < 1.29 is 4.79 Å². The molecule has 2 aromatic rings. The molecule has 0 aromatic carbocycles. The summed E-state index contributed by atoms with van der Waals surface area (Å²) in [6.45, 7) is 4.54. The highest BCUT2D eigenvalue weighted by Crippen LogP contribution is 2.15. The Kier molecular flexibility index (Phi) is 4.39. The smallest absolute Gasteiger partial charge is 0.322 e. The summed E-state index contributed by atoms with van der Waals surface area (Å²) in [6, 6.07) is 1.74. The van der Waals surface area contributed by atoms with Gasteiger partial charge in [0.1, 0.15) is 5.82 Å². The summed E-state index contributed by atoms with van der Waals surface area (Å²) in [7, 11) is 3.59. The van der Waals surface area contributed by atoms with Crippen molar-refractivity contribution in [3.8, 4) is 0 Å². The third kappa shape index (κ3) is 3.16. The van der Waals surface area contributed by atoms with Gasteiger partial charge in [0.05, 0.1) is 23.4 Å². The molecule has 0 bridgehead atoms. The summed E-state index contributed by atoms with van der Waals surface area (Å²) in [4.78, 5) is 19.1. The summed E-state index contributed by atoms with van der Waals surface area (Å²) in [5, 5.41) is 7.18. The summed E-state index contributed by atoms with van der Waals surface area (Å²) < 4.78 is 1.68. The van der Waals surface area contributed by atoms with Gasteiger partial charge >= 0.3 is 6.03 Å². The largest absolute Gasteiger partial charge is 0.323 e. The van der Waals surface area contributed by atoms with Gasteiger partial charge in [0.15, 0.2) is 0 Å². The van der Waals surface area contributed by atoms with Crippen LogP contribution in [0.1, 0.15) is 23.2 Å². The SMILES string of the molecule is CCc1cc(NC(=O)N(C)Cc2scnc2C)n(C)n1. The van der Waals surface area contributed by atoms with Crippen LogP contribution in [0.3, 0.4) is 0 Å². The maximum atomic E-state index is 12.2. The van der Waals surface area contributed by atoms with Crippen LogP contribution in [-0.2, 0) is 20.0 Å². The summed E-state index contributed by atoms with van der Waals surface area (Å²) >= 11 is 1.56. The van der Waals surface area contributed by atoms with E-state index in [1.54, 1.807) is 33.5 Å². The number of aromatic nitrogens is 3. The molecular weight excluding hydrogens is 274 g/mol. The average molecular weight is 293 g/mol. The fourth-order valence-electron chi connectivity index (χ4n) is 1.79. The zero-order chi connectivity index (χ0) is 14.7. The molecule has 0 radical (unpaired) electrons. The Bertz CT molecular complexity index is 604. The van der Waals surface area contributed by atoms with E-state index in [0.29, 0.717) is 12.4 Å². The lowest BCUT2D eigenvalue weighted by atomic mass is 10.3. The molecule has 0 aliphatic rings. The minimum atomic E-state index is -0.150. The first-order valence-corrected chi connectivity index (χ1v) is 7.33. The highest BCUT2D eigenvalue weighted by atomic mass is 32.1. The molecule has 0 unspecified atom stereocenters. The number of amides is 2. The lowest BCUT2D eigenvalue weighted by molar-refractivity contribution is 0.221. The molecule has 2 rings (SSSR count). The molecule has 0 atom stereocenters. The van der Waals surface area contributed by atoms with Crippen molar-refractivity contribution in [1.82, 2.24) is 19.7 Å². The van der Waals surface area contributed by atoms with E-state index in [2.05, 4.69) is 15.4 Å². The maximum absolute atomic E-state index is 12.2. The molecule has 0 saturated carbocycles. The van der Waals surface area contributed by atoms with Gasteiger partial charge in [-0.15, -0.1) is 11.3 Å². The molecule has 20 heavy (non-hydrogen) atoms. The third-order valence-corrected chi connectivity index (χ3v) is 4.02. The van der Waals surface area contributed by atoms with Crippen LogP contribution < -0.4 is 5.32 Å². The Labute approximate surface area is 122 Å². The predicted molar refractivity (Wildman–Crippen MR) is 79.9 cm³/mol. The number of nitrogens with one attached hydrogen (secondary N) is 1. The highest BCUT2D eigenvalue weighted by molar-refractivity contribution is 7.09. The minimum absolute atomic E-state index is 0.150. The number of rotatable bonds is 4. The van der Waals surface area contributed by atoms with Crippen LogP contribution in [0.4, 0.5) is 10.6 Å². The van der Waals surface area contributed by atoms with Gasteiger partial charge in [-0.1, -0.05) is 6.92 Å². The van der Waals surface area contributed by atoms with Crippen LogP contribution in [-0.4, -0.2) is 32.7 Å². The fourth-order valence-corrected chi connectivity index (χ4v) is 2.62. The number of urea groups is 1. The number of carbonyl (C=O) groups excluding carboxylic acids is 1. The van der Waals surface area contributed by atoms with Gasteiger partial charge in [0, 0.05) is 25.0 Å². The number of aryl methyl sites for hydroxylation is 3. The van der Waals surface area contributed by atoms with Crippen molar-refractivity contribution in [2.75, 3.05) is 12.4 Å². The Hall–Kier alpha value is -1.89. The number of nitrogens with zero attached hydrogens (tertiary/aromatic N) is 4. The molecule has 2 amide bonds. The quantitative estimate of drug-likeness (QED) is 0.941. The Morgan fingerprint density at radius 3 is 2.85 bits per heavy atom. The van der Waals surface area contributed by atoms with Crippen molar-refractivity contribution >= 4 is 23.2 Å². The lowest BCUT2D eigenvalue weighted by Crippen LogP contribution is -2.31. The zero-order valence-corrected chi connectivity index (χ0v) is 13.0. The van der Waals surface area contributed by atoms with E-state index in [1.807, 2.05) is 27.0 Å². The second-order valence-electron chi connectivity index (χ2n) is 4.65. The summed E-state index contributed by atoms with van der Waals surface area (Å²) in [5.74, 6) is 0.708. The average Bonchev–Trinajstić information content (AvgIpc) is 2.97. The Morgan fingerprint density at radius 2 is 2.30 bits per heavy atom. The molecule has 1 N–H and O–H groups in total. The van der Waals surface area contributed by atoms with E-state index in [1.165, 1.54) is 0 Å². The molecule has 0 aliphatic carbocycles. The molecule has 2 aromatic heterocycles. The van der Waals surface area contributed by atoms with Crippen molar-refractivity contribution in [1.29, 1.82) is 0 Å². The highest BCUT2D eigenvalue weighted by Gasteiger charge is 2.14. The number of hydrogen-bond donors (Lipinski definition) is 1. The van der Waals surface area contributed by atoms with Gasteiger partial charge < -0.3 is 4.90 Å². The van der Waals surface area contributed by atoms with Crippen LogP contribution in [0.5, 0.6) is 0 Å². The van der Waals surface area contributed by atoms with E-state index in [0.717, 1.165) is 22.7 Å². The standard InChI is InChI=1S/C13H19N5OS/c1-5-10-6-12(18(4)16-10)15-13(19)17(3)7-11-9(2)14-8-20-11/h6,8H,5,7H2,1-4H3,(H,15,19). The number of hydrogen-bond acceptors (Lipinski definition) is 4. The van der Waals surface area contributed by atoms with Crippen molar-refractivity contribution in [3.63, 3.8) is 0 Å². The first-order chi connectivity index (χ1) is 9.51. The molecule has 7 heteroatoms. The Balaban J connectivity index is 2.00. The monoisotopic (exact) mass is 293 g/mol. The second-order valence-corrected chi connectivity index (χ2v) is 5.58. The molecule has 0 aliphatic heterocycles. The van der Waals surface area contributed by atoms with E-state index in [4.69, 9.17) is 0 Å². The van der Waals surface area contributed by atoms with Crippen LogP contribution >= 0.6 is 11.3 Å². The zero-order valence-electron chi connectivity index (χ0n) is 12.2. The lowest BCUT2D eigenvalue weighted by Gasteiger charge is -2.17. The molecule has 108 valence electrons. The van der Waals surface area contributed by atoms with Gasteiger partial charge in [-0.3, -0.25) is 10.00 Å². The second kappa shape index (κ2) is 6.04. The maximum Gasteiger partial charge on any atom is 0.323 e. The van der Waals surface area contributed by atoms with Gasteiger partial charge in [-0.25, -0.2) is 9.78 Å².